The molecule has 8 heteroatoms. The molecular formula is C10H7ClN4O2S. The van der Waals surface area contributed by atoms with Crippen LogP contribution in [0.3, 0.4) is 0 Å². The van der Waals surface area contributed by atoms with Crippen molar-refractivity contribution in [3.63, 3.8) is 0 Å². The molecule has 0 amide bonds. The standard InChI is InChI=1S/C10H7ClN4O2S/c11-15-8-3-1-2-4-9(8)18(16,17)13-10(15)14-6-5-12-7-14/h1-7H. The number of halogens is 1. The summed E-state index contributed by atoms with van der Waals surface area (Å²) in [4.78, 5) is 3.92. The highest BCUT2D eigenvalue weighted by Crippen LogP contribution is 2.32. The summed E-state index contributed by atoms with van der Waals surface area (Å²) in [7, 11) is -3.74. The van der Waals surface area contributed by atoms with Crippen molar-refractivity contribution in [1.82, 2.24) is 9.55 Å². The van der Waals surface area contributed by atoms with Crippen LogP contribution in [0.25, 0.3) is 0 Å². The third kappa shape index (κ3) is 1.59. The van der Waals surface area contributed by atoms with Gasteiger partial charge in [-0.2, -0.15) is 8.42 Å². The molecular weight excluding hydrogens is 276 g/mol. The molecule has 0 unspecified atom stereocenters. The van der Waals surface area contributed by atoms with Gasteiger partial charge >= 0.3 is 0 Å². The molecule has 0 saturated carbocycles. The summed E-state index contributed by atoms with van der Waals surface area (Å²) < 4.78 is 30.3. The van der Waals surface area contributed by atoms with E-state index in [9.17, 15) is 8.42 Å². The van der Waals surface area contributed by atoms with Gasteiger partial charge in [0.1, 0.15) is 11.2 Å². The second kappa shape index (κ2) is 3.82. The van der Waals surface area contributed by atoms with E-state index >= 15 is 0 Å². The fraction of sp³-hybridized carbons (Fsp3) is 0. The van der Waals surface area contributed by atoms with E-state index < -0.39 is 10.0 Å². The molecule has 92 valence electrons. The van der Waals surface area contributed by atoms with Crippen LogP contribution in [0.4, 0.5) is 5.69 Å². The molecule has 3 rings (SSSR count). The summed E-state index contributed by atoms with van der Waals surface area (Å²) in [6.45, 7) is 0. The third-order valence-corrected chi connectivity index (χ3v) is 4.11. The van der Waals surface area contributed by atoms with E-state index in [2.05, 4.69) is 9.38 Å². The lowest BCUT2D eigenvalue weighted by atomic mass is 10.3. The number of benzene rings is 1. The average molecular weight is 283 g/mol. The molecule has 0 aliphatic carbocycles. The number of sulfonamides is 1. The zero-order valence-electron chi connectivity index (χ0n) is 8.93. The first-order valence-electron chi connectivity index (χ1n) is 4.98. The summed E-state index contributed by atoms with van der Waals surface area (Å²) in [6, 6.07) is 6.42. The highest BCUT2D eigenvalue weighted by molar-refractivity contribution is 7.90. The molecule has 0 fully saturated rings. The molecule has 1 aliphatic rings. The largest absolute Gasteiger partial charge is 0.287 e. The Bertz CT molecular complexity index is 724. The van der Waals surface area contributed by atoms with E-state index in [1.54, 1.807) is 24.4 Å². The molecule has 0 saturated heterocycles. The minimum atomic E-state index is -3.74. The number of fused-ring (bicyclic) bond motifs is 1. The second-order valence-electron chi connectivity index (χ2n) is 3.58. The van der Waals surface area contributed by atoms with Gasteiger partial charge < -0.3 is 0 Å². The molecule has 1 aromatic heterocycles. The zero-order valence-corrected chi connectivity index (χ0v) is 10.5. The normalized spacial score (nSPS) is 17.2. The Morgan fingerprint density at radius 1 is 1.22 bits per heavy atom. The van der Waals surface area contributed by atoms with Gasteiger partial charge in [-0.15, -0.1) is 4.40 Å². The molecule has 2 aromatic rings. The highest BCUT2D eigenvalue weighted by Gasteiger charge is 2.30. The van der Waals surface area contributed by atoms with Crippen LogP contribution < -0.4 is 4.42 Å². The number of anilines is 1. The minimum absolute atomic E-state index is 0.0767. The number of hydrogen-bond acceptors (Lipinski definition) is 4. The van der Waals surface area contributed by atoms with Crippen molar-refractivity contribution in [2.75, 3.05) is 4.42 Å². The van der Waals surface area contributed by atoms with E-state index in [0.717, 1.165) is 0 Å². The maximum atomic E-state index is 12.0. The predicted molar refractivity (Wildman–Crippen MR) is 67.0 cm³/mol. The number of hydrogen-bond donors (Lipinski definition) is 0. The number of rotatable bonds is 0. The summed E-state index contributed by atoms with van der Waals surface area (Å²) >= 11 is 6.12. The Hall–Kier alpha value is -1.86. The average Bonchev–Trinajstić information content (AvgIpc) is 2.88. The molecule has 0 N–H and O–H groups in total. The van der Waals surface area contributed by atoms with Gasteiger partial charge in [0, 0.05) is 24.2 Å². The molecule has 1 aliphatic heterocycles. The molecule has 0 radical (unpaired) electrons. The summed E-state index contributed by atoms with van der Waals surface area (Å²) in [5, 5.41) is 0. The summed E-state index contributed by atoms with van der Waals surface area (Å²) in [5.74, 6) is 0.0767. The summed E-state index contributed by atoms with van der Waals surface area (Å²) in [5.41, 5.74) is 0.373. The lowest BCUT2D eigenvalue weighted by Gasteiger charge is -2.24. The fourth-order valence-corrected chi connectivity index (χ4v) is 3.19. The maximum Gasteiger partial charge on any atom is 0.287 e. The van der Waals surface area contributed by atoms with Crippen molar-refractivity contribution in [3.05, 3.63) is 43.0 Å². The Kier molecular flexibility index (Phi) is 2.39. The maximum absolute atomic E-state index is 12.0. The van der Waals surface area contributed by atoms with Gasteiger partial charge in [0.05, 0.1) is 5.69 Å². The first-order valence-corrected chi connectivity index (χ1v) is 6.76. The van der Waals surface area contributed by atoms with Gasteiger partial charge in [-0.1, -0.05) is 12.1 Å². The first-order chi connectivity index (χ1) is 8.59. The van der Waals surface area contributed by atoms with Gasteiger partial charge in [-0.25, -0.2) is 9.40 Å². The van der Waals surface area contributed by atoms with Crippen LogP contribution in [-0.2, 0) is 10.0 Å². The van der Waals surface area contributed by atoms with E-state index in [1.807, 2.05) is 0 Å². The van der Waals surface area contributed by atoms with E-state index in [-0.39, 0.29) is 10.9 Å². The molecule has 0 atom stereocenters. The Balaban J connectivity index is 2.25. The van der Waals surface area contributed by atoms with Crippen LogP contribution >= 0.6 is 11.8 Å². The van der Waals surface area contributed by atoms with Gasteiger partial charge in [0.25, 0.3) is 10.0 Å². The van der Waals surface area contributed by atoms with Gasteiger partial charge in [-0.3, -0.25) is 4.57 Å². The van der Waals surface area contributed by atoms with Gasteiger partial charge in [0.15, 0.2) is 0 Å². The molecule has 18 heavy (non-hydrogen) atoms. The highest BCUT2D eigenvalue weighted by atomic mass is 35.5. The molecule has 2 heterocycles. The lowest BCUT2D eigenvalue weighted by molar-refractivity contribution is 0.597. The minimum Gasteiger partial charge on any atom is -0.274 e. The number of para-hydroxylation sites is 1. The third-order valence-electron chi connectivity index (χ3n) is 2.47. The van der Waals surface area contributed by atoms with E-state index in [1.165, 1.54) is 27.6 Å². The molecule has 0 spiro atoms. The quantitative estimate of drug-likeness (QED) is 0.686. The van der Waals surface area contributed by atoms with Crippen molar-refractivity contribution in [2.24, 2.45) is 4.40 Å². The van der Waals surface area contributed by atoms with Crippen LogP contribution in [0.5, 0.6) is 0 Å². The van der Waals surface area contributed by atoms with Gasteiger partial charge in [0.2, 0.25) is 5.96 Å². The summed E-state index contributed by atoms with van der Waals surface area (Å²) in [6.07, 6.45) is 4.51. The smallest absolute Gasteiger partial charge is 0.274 e. The van der Waals surface area contributed by atoms with Crippen LogP contribution in [0, 0.1) is 0 Å². The predicted octanol–water partition coefficient (Wildman–Crippen LogP) is 1.45. The molecule has 0 bridgehead atoms. The Morgan fingerprint density at radius 2 is 2.00 bits per heavy atom. The van der Waals surface area contributed by atoms with Crippen molar-refractivity contribution in [2.45, 2.75) is 4.90 Å². The van der Waals surface area contributed by atoms with Crippen molar-refractivity contribution < 1.29 is 8.42 Å². The van der Waals surface area contributed by atoms with Crippen LogP contribution in [-0.4, -0.2) is 23.9 Å². The van der Waals surface area contributed by atoms with Crippen molar-refractivity contribution in [3.8, 4) is 0 Å². The molecule has 1 aromatic carbocycles. The van der Waals surface area contributed by atoms with Crippen LogP contribution in [0.15, 0.2) is 52.3 Å². The topological polar surface area (TPSA) is 67.6 Å². The number of imidazole rings is 1. The van der Waals surface area contributed by atoms with E-state index in [4.69, 9.17) is 11.8 Å². The fourth-order valence-electron chi connectivity index (χ4n) is 1.66. The number of nitrogens with zero attached hydrogens (tertiary/aromatic N) is 4. The lowest BCUT2D eigenvalue weighted by Crippen LogP contribution is -2.32. The van der Waals surface area contributed by atoms with Crippen LogP contribution in [0.1, 0.15) is 0 Å². The monoisotopic (exact) mass is 282 g/mol. The SMILES string of the molecule is O=S1(=O)N=C(n2ccnc2)N(Cl)c2ccccc21. The van der Waals surface area contributed by atoms with Crippen molar-refractivity contribution >= 4 is 33.4 Å². The van der Waals surface area contributed by atoms with Gasteiger partial charge in [-0.05, 0) is 12.1 Å². The molecule has 6 nitrogen and oxygen atoms in total. The van der Waals surface area contributed by atoms with Crippen LogP contribution in [0.2, 0.25) is 0 Å². The zero-order chi connectivity index (χ0) is 12.8. The second-order valence-corrected chi connectivity index (χ2v) is 5.50. The van der Waals surface area contributed by atoms with Crippen molar-refractivity contribution in [1.29, 1.82) is 0 Å². The van der Waals surface area contributed by atoms with E-state index in [0.29, 0.717) is 5.69 Å². The Morgan fingerprint density at radius 3 is 2.72 bits per heavy atom. The first kappa shape index (κ1) is 11.2. The number of aromatic nitrogens is 2. The Labute approximate surface area is 108 Å².